The van der Waals surface area contributed by atoms with E-state index in [-0.39, 0.29) is 0 Å². The van der Waals surface area contributed by atoms with Crippen molar-refractivity contribution in [3.8, 4) is 0 Å². The number of hydrogen-bond acceptors (Lipinski definition) is 1. The topological polar surface area (TPSA) is 44.3 Å². The van der Waals surface area contributed by atoms with Gasteiger partial charge in [0.1, 0.15) is 6.54 Å². The Kier molecular flexibility index (Phi) is 19.4. The van der Waals surface area contributed by atoms with Gasteiger partial charge in [-0.25, -0.2) is 4.57 Å². The van der Waals surface area contributed by atoms with Crippen LogP contribution in [0.5, 0.6) is 0 Å². The third kappa shape index (κ3) is 26.1. The van der Waals surface area contributed by atoms with Gasteiger partial charge < -0.3 is 9.79 Å². The monoisotopic (exact) mass is 434 g/mol. The van der Waals surface area contributed by atoms with Crippen molar-refractivity contribution < 1.29 is 14.4 Å². The molecule has 0 saturated heterocycles. The summed E-state index contributed by atoms with van der Waals surface area (Å²) in [6.07, 6.45) is 24.4. The summed E-state index contributed by atoms with van der Waals surface area (Å²) in [5.41, 5.74) is -3.11. The van der Waals surface area contributed by atoms with E-state index in [0.29, 0.717) is 0 Å². The van der Waals surface area contributed by atoms with Gasteiger partial charge in [0.15, 0.2) is 12.4 Å². The van der Waals surface area contributed by atoms with E-state index >= 15 is 0 Å². The molecule has 27 heavy (non-hydrogen) atoms. The van der Waals surface area contributed by atoms with Gasteiger partial charge in [0.2, 0.25) is 5.69 Å². The molecule has 0 aliphatic heterocycles. The first-order valence-electron chi connectivity index (χ1n) is 10.7. The SMILES string of the molecule is CCCCCCCCCCCCCCCC[n+]1ccccc1.OP(O)(=S)S. The maximum absolute atomic E-state index is 7.87. The molecule has 0 aliphatic carbocycles. The van der Waals surface area contributed by atoms with Crippen LogP contribution in [0, 0.1) is 0 Å². The quantitative estimate of drug-likeness (QED) is 0.126. The lowest BCUT2D eigenvalue weighted by Crippen LogP contribution is -2.32. The van der Waals surface area contributed by atoms with Gasteiger partial charge in [-0.2, -0.15) is 0 Å². The predicted octanol–water partition coefficient (Wildman–Crippen LogP) is 6.58. The Hall–Kier alpha value is 0.0700. The molecule has 0 atom stereocenters. The van der Waals surface area contributed by atoms with Crippen molar-refractivity contribution in [2.75, 3.05) is 0 Å². The number of rotatable bonds is 15. The third-order valence-corrected chi connectivity index (χ3v) is 4.55. The zero-order chi connectivity index (χ0) is 20.2. The maximum atomic E-state index is 7.87. The third-order valence-electron chi connectivity index (χ3n) is 4.55. The average molecular weight is 435 g/mol. The van der Waals surface area contributed by atoms with Crippen LogP contribution in [0.25, 0.3) is 0 Å². The standard InChI is InChI=1S/C21H38N.H3O2PS2/c1-2-3-4-5-6-7-8-9-10-11-12-13-14-16-19-22-20-17-15-18-21-22;1-3(2,4)5/h15,17-18,20-21H,2-14,16,19H2,1H3;(H3,1,2,4,5)/q+1;. The van der Waals surface area contributed by atoms with Gasteiger partial charge in [-0.3, -0.25) is 0 Å². The number of pyridine rings is 1. The smallest absolute Gasteiger partial charge is 0.239 e. The molecule has 0 aromatic carbocycles. The Morgan fingerprint density at radius 1 is 0.704 bits per heavy atom. The van der Waals surface area contributed by atoms with Gasteiger partial charge in [-0.15, -0.1) is 0 Å². The first-order chi connectivity index (χ1) is 12.9. The minimum atomic E-state index is -3.11. The Morgan fingerprint density at radius 3 is 1.41 bits per heavy atom. The van der Waals surface area contributed by atoms with Crippen LogP contribution in [0.1, 0.15) is 96.8 Å². The van der Waals surface area contributed by atoms with E-state index in [4.69, 9.17) is 9.79 Å². The predicted molar refractivity (Wildman–Crippen MR) is 125 cm³/mol. The number of thiol groups is 1. The van der Waals surface area contributed by atoms with E-state index < -0.39 is 5.69 Å². The zero-order valence-electron chi connectivity index (χ0n) is 17.1. The highest BCUT2D eigenvalue weighted by Gasteiger charge is 1.98. The van der Waals surface area contributed by atoms with Crippen molar-refractivity contribution in [2.24, 2.45) is 0 Å². The molecule has 0 amide bonds. The number of aromatic nitrogens is 1. The highest BCUT2D eigenvalue weighted by Crippen LogP contribution is 2.39. The lowest BCUT2D eigenvalue weighted by atomic mass is 10.0. The molecule has 0 saturated carbocycles. The molecule has 0 fully saturated rings. The Morgan fingerprint density at radius 2 is 1.04 bits per heavy atom. The second-order valence-corrected chi connectivity index (χ2v) is 12.3. The molecule has 0 bridgehead atoms. The van der Waals surface area contributed by atoms with Gasteiger partial charge >= 0.3 is 0 Å². The highest BCUT2D eigenvalue weighted by molar-refractivity contribution is 8.59. The van der Waals surface area contributed by atoms with Crippen molar-refractivity contribution in [1.82, 2.24) is 0 Å². The summed E-state index contributed by atoms with van der Waals surface area (Å²) >= 11 is 7.07. The Balaban J connectivity index is 0.00000119. The van der Waals surface area contributed by atoms with Gasteiger partial charge in [-0.1, -0.05) is 102 Å². The fourth-order valence-electron chi connectivity index (χ4n) is 3.07. The molecule has 2 N–H and O–H groups in total. The normalized spacial score (nSPS) is 11.1. The van der Waals surface area contributed by atoms with Crippen molar-refractivity contribution in [1.29, 1.82) is 0 Å². The van der Waals surface area contributed by atoms with Crippen LogP contribution in [-0.2, 0) is 18.4 Å². The van der Waals surface area contributed by atoms with Crippen LogP contribution < -0.4 is 4.57 Å². The summed E-state index contributed by atoms with van der Waals surface area (Å²) in [5, 5.41) is 0. The molecule has 1 heterocycles. The van der Waals surface area contributed by atoms with Crippen molar-refractivity contribution >= 4 is 29.7 Å². The van der Waals surface area contributed by atoms with Gasteiger partial charge in [0.25, 0.3) is 0 Å². The van der Waals surface area contributed by atoms with Crippen molar-refractivity contribution in [3.63, 3.8) is 0 Å². The van der Waals surface area contributed by atoms with Gasteiger partial charge in [-0.05, 0) is 18.2 Å². The summed E-state index contributed by atoms with van der Waals surface area (Å²) in [5.74, 6) is 0. The van der Waals surface area contributed by atoms with E-state index in [0.717, 1.165) is 0 Å². The van der Waals surface area contributed by atoms with E-state index in [1.165, 1.54) is 96.4 Å². The van der Waals surface area contributed by atoms with E-state index in [1.807, 2.05) is 0 Å². The summed E-state index contributed by atoms with van der Waals surface area (Å²) in [7, 11) is 0. The Labute approximate surface area is 177 Å². The minimum Gasteiger partial charge on any atom is -0.338 e. The first kappa shape index (κ1) is 27.1. The molecule has 6 heteroatoms. The van der Waals surface area contributed by atoms with Gasteiger partial charge in [0, 0.05) is 18.6 Å². The molecule has 0 spiro atoms. The van der Waals surface area contributed by atoms with Crippen molar-refractivity contribution in [3.05, 3.63) is 30.6 Å². The second-order valence-electron chi connectivity index (χ2n) is 7.22. The molecule has 0 aliphatic rings. The van der Waals surface area contributed by atoms with Crippen molar-refractivity contribution in [2.45, 2.75) is 103 Å². The summed E-state index contributed by atoms with van der Waals surface area (Å²) in [6.45, 7) is 3.47. The molecular weight excluding hydrogens is 393 g/mol. The Bertz CT molecular complexity index is 460. The van der Waals surface area contributed by atoms with Crippen LogP contribution in [0.3, 0.4) is 0 Å². The average Bonchev–Trinajstić information content (AvgIpc) is 2.61. The first-order valence-corrected chi connectivity index (χ1v) is 14.5. The van der Waals surface area contributed by atoms with Crippen LogP contribution in [0.2, 0.25) is 0 Å². The number of nitrogens with zero attached hydrogens (tertiary/aromatic N) is 1. The lowest BCUT2D eigenvalue weighted by molar-refractivity contribution is -0.697. The van der Waals surface area contributed by atoms with E-state index in [2.05, 4.69) is 66.1 Å². The largest absolute Gasteiger partial charge is 0.338 e. The minimum absolute atomic E-state index is 1.18. The molecule has 0 radical (unpaired) electrons. The second kappa shape index (κ2) is 19.4. The van der Waals surface area contributed by atoms with Crippen LogP contribution in [0.15, 0.2) is 30.6 Å². The molecule has 1 aromatic rings. The zero-order valence-corrected chi connectivity index (χ0v) is 19.7. The fourth-order valence-corrected chi connectivity index (χ4v) is 3.07. The number of hydrogen-bond donors (Lipinski definition) is 3. The summed E-state index contributed by atoms with van der Waals surface area (Å²) in [6, 6.07) is 6.31. The van der Waals surface area contributed by atoms with Gasteiger partial charge in [0.05, 0.1) is 0 Å². The lowest BCUT2D eigenvalue weighted by Gasteiger charge is -2.02. The van der Waals surface area contributed by atoms with Crippen LogP contribution >= 0.6 is 17.9 Å². The fraction of sp³-hybridized carbons (Fsp3) is 0.762. The highest BCUT2D eigenvalue weighted by atomic mass is 32.9. The summed E-state index contributed by atoms with van der Waals surface area (Å²) in [4.78, 5) is 15.7. The molecule has 3 nitrogen and oxygen atoms in total. The molecule has 1 rings (SSSR count). The molecule has 158 valence electrons. The number of unbranched alkanes of at least 4 members (excludes halogenated alkanes) is 13. The van der Waals surface area contributed by atoms with E-state index in [1.54, 1.807) is 0 Å². The molecule has 0 unspecified atom stereocenters. The number of aryl methyl sites for hydroxylation is 1. The maximum Gasteiger partial charge on any atom is 0.239 e. The van der Waals surface area contributed by atoms with Crippen LogP contribution in [-0.4, -0.2) is 9.79 Å². The molecule has 1 aromatic heterocycles. The summed E-state index contributed by atoms with van der Waals surface area (Å²) < 4.78 is 2.29. The van der Waals surface area contributed by atoms with E-state index in [9.17, 15) is 0 Å². The van der Waals surface area contributed by atoms with Crippen LogP contribution in [0.4, 0.5) is 0 Å². The molecular formula is C21H41NO2PS2+.